The fourth-order valence-electron chi connectivity index (χ4n) is 2.02. The molecule has 0 spiro atoms. The first-order chi connectivity index (χ1) is 10.1. The molecule has 1 aromatic heterocycles. The Balaban J connectivity index is 1.92. The van der Waals surface area contributed by atoms with E-state index >= 15 is 0 Å². The van der Waals surface area contributed by atoms with Crippen molar-refractivity contribution in [3.05, 3.63) is 41.2 Å². The minimum atomic E-state index is -0.164. The highest BCUT2D eigenvalue weighted by Crippen LogP contribution is 2.16. The molecule has 112 valence electrons. The van der Waals surface area contributed by atoms with Crippen molar-refractivity contribution in [1.29, 1.82) is 0 Å². The van der Waals surface area contributed by atoms with Gasteiger partial charge in [-0.2, -0.15) is 5.10 Å². The van der Waals surface area contributed by atoms with Gasteiger partial charge >= 0.3 is 0 Å². The number of carbonyl (C=O) groups excluding carboxylic acids is 1. The highest BCUT2D eigenvalue weighted by atomic mass is 16.5. The Morgan fingerprint density at radius 2 is 1.90 bits per heavy atom. The van der Waals surface area contributed by atoms with E-state index in [1.807, 2.05) is 38.1 Å². The number of anilines is 2. The first kappa shape index (κ1) is 15.1. The Morgan fingerprint density at radius 3 is 2.48 bits per heavy atom. The van der Waals surface area contributed by atoms with Gasteiger partial charge in [-0.05, 0) is 38.1 Å². The van der Waals surface area contributed by atoms with Gasteiger partial charge in [-0.25, -0.2) is 0 Å². The van der Waals surface area contributed by atoms with Gasteiger partial charge in [0.05, 0.1) is 5.69 Å². The second-order valence-corrected chi connectivity index (χ2v) is 4.82. The standard InChI is InChI=1S/C15H20N4O2/c1-10-14(11(2)19-18-10)8-16-12-4-6-13(7-5-12)17-15(20)9-21-3/h4-7,16H,8-9H2,1-3H3,(H,17,20)(H,18,19). The molecule has 0 saturated carbocycles. The number of amides is 1. The molecule has 3 N–H and O–H groups in total. The van der Waals surface area contributed by atoms with Crippen LogP contribution in [0.15, 0.2) is 24.3 Å². The van der Waals surface area contributed by atoms with E-state index in [9.17, 15) is 4.79 Å². The Morgan fingerprint density at radius 1 is 1.24 bits per heavy atom. The number of benzene rings is 1. The maximum Gasteiger partial charge on any atom is 0.250 e. The third-order valence-corrected chi connectivity index (χ3v) is 3.19. The Labute approximate surface area is 123 Å². The van der Waals surface area contributed by atoms with Gasteiger partial charge in [0, 0.05) is 36.3 Å². The van der Waals surface area contributed by atoms with Crippen LogP contribution in [0.4, 0.5) is 11.4 Å². The van der Waals surface area contributed by atoms with Crippen LogP contribution in [0.25, 0.3) is 0 Å². The highest BCUT2D eigenvalue weighted by Gasteiger charge is 2.06. The molecular formula is C15H20N4O2. The number of carbonyl (C=O) groups is 1. The summed E-state index contributed by atoms with van der Waals surface area (Å²) < 4.78 is 4.77. The van der Waals surface area contributed by atoms with E-state index in [0.29, 0.717) is 6.54 Å². The van der Waals surface area contributed by atoms with Crippen LogP contribution in [0, 0.1) is 13.8 Å². The molecule has 0 aliphatic rings. The number of hydrogen-bond acceptors (Lipinski definition) is 4. The molecule has 1 aromatic carbocycles. The predicted molar refractivity (Wildman–Crippen MR) is 82.3 cm³/mol. The summed E-state index contributed by atoms with van der Waals surface area (Å²) in [4.78, 5) is 11.4. The molecule has 0 aliphatic carbocycles. The summed E-state index contributed by atoms with van der Waals surface area (Å²) in [6, 6.07) is 7.55. The van der Waals surface area contributed by atoms with Crippen LogP contribution >= 0.6 is 0 Å². The molecular weight excluding hydrogens is 268 g/mol. The molecule has 21 heavy (non-hydrogen) atoms. The molecule has 1 heterocycles. The summed E-state index contributed by atoms with van der Waals surface area (Å²) in [6.45, 7) is 4.75. The molecule has 0 fully saturated rings. The number of aromatic nitrogens is 2. The quantitative estimate of drug-likeness (QED) is 0.761. The monoisotopic (exact) mass is 288 g/mol. The maximum atomic E-state index is 11.4. The fourth-order valence-corrected chi connectivity index (χ4v) is 2.02. The predicted octanol–water partition coefficient (Wildman–Crippen LogP) is 2.22. The largest absolute Gasteiger partial charge is 0.381 e. The number of hydrogen-bond donors (Lipinski definition) is 3. The number of aryl methyl sites for hydroxylation is 2. The molecule has 0 unspecified atom stereocenters. The van der Waals surface area contributed by atoms with Gasteiger partial charge in [0.1, 0.15) is 6.61 Å². The molecule has 0 atom stereocenters. The Kier molecular flexibility index (Phi) is 4.94. The lowest BCUT2D eigenvalue weighted by atomic mass is 10.2. The molecule has 6 heteroatoms. The second-order valence-electron chi connectivity index (χ2n) is 4.82. The molecule has 0 saturated heterocycles. The average Bonchev–Trinajstić information content (AvgIpc) is 2.78. The molecule has 0 bridgehead atoms. The van der Waals surface area contributed by atoms with E-state index in [-0.39, 0.29) is 12.5 Å². The maximum absolute atomic E-state index is 11.4. The zero-order valence-electron chi connectivity index (χ0n) is 12.5. The van der Waals surface area contributed by atoms with Gasteiger partial charge in [0.25, 0.3) is 0 Å². The number of methoxy groups -OCH3 is 1. The first-order valence-electron chi connectivity index (χ1n) is 6.73. The van der Waals surface area contributed by atoms with Crippen molar-refractivity contribution in [3.8, 4) is 0 Å². The summed E-state index contributed by atoms with van der Waals surface area (Å²) >= 11 is 0. The van der Waals surface area contributed by atoms with Crippen molar-refractivity contribution in [2.75, 3.05) is 24.4 Å². The third kappa shape index (κ3) is 4.06. The molecule has 6 nitrogen and oxygen atoms in total. The normalized spacial score (nSPS) is 10.4. The lowest BCUT2D eigenvalue weighted by Gasteiger charge is -2.09. The zero-order chi connectivity index (χ0) is 15.2. The molecule has 1 amide bonds. The highest BCUT2D eigenvalue weighted by molar-refractivity contribution is 5.91. The Hall–Kier alpha value is -2.34. The van der Waals surface area contributed by atoms with Crippen LogP contribution in [-0.2, 0) is 16.1 Å². The summed E-state index contributed by atoms with van der Waals surface area (Å²) in [5, 5.41) is 13.2. The van der Waals surface area contributed by atoms with Crippen LogP contribution in [0.2, 0.25) is 0 Å². The van der Waals surface area contributed by atoms with Crippen LogP contribution in [0.3, 0.4) is 0 Å². The fraction of sp³-hybridized carbons (Fsp3) is 0.333. The number of H-pyrrole nitrogens is 1. The summed E-state index contributed by atoms with van der Waals surface area (Å²) in [7, 11) is 1.49. The van der Waals surface area contributed by atoms with Crippen LogP contribution in [0.5, 0.6) is 0 Å². The topological polar surface area (TPSA) is 79.0 Å². The second kappa shape index (κ2) is 6.90. The zero-order valence-corrected chi connectivity index (χ0v) is 12.5. The molecule has 2 rings (SSSR count). The molecule has 0 aliphatic heterocycles. The van der Waals surface area contributed by atoms with Crippen LogP contribution in [0.1, 0.15) is 17.0 Å². The van der Waals surface area contributed by atoms with Crippen molar-refractivity contribution in [3.63, 3.8) is 0 Å². The van der Waals surface area contributed by atoms with E-state index in [4.69, 9.17) is 4.74 Å². The average molecular weight is 288 g/mol. The smallest absolute Gasteiger partial charge is 0.250 e. The van der Waals surface area contributed by atoms with Crippen molar-refractivity contribution in [2.45, 2.75) is 20.4 Å². The lowest BCUT2D eigenvalue weighted by molar-refractivity contribution is -0.119. The van der Waals surface area contributed by atoms with Gasteiger partial charge in [0.15, 0.2) is 0 Å². The SMILES string of the molecule is COCC(=O)Nc1ccc(NCc2c(C)n[nH]c2C)cc1. The van der Waals surface area contributed by atoms with Crippen LogP contribution < -0.4 is 10.6 Å². The number of nitrogens with zero attached hydrogens (tertiary/aromatic N) is 1. The van der Waals surface area contributed by atoms with Crippen molar-refractivity contribution in [1.82, 2.24) is 10.2 Å². The minimum Gasteiger partial charge on any atom is -0.381 e. The summed E-state index contributed by atoms with van der Waals surface area (Å²) in [5.74, 6) is -0.164. The van der Waals surface area contributed by atoms with Crippen molar-refractivity contribution >= 4 is 17.3 Å². The van der Waals surface area contributed by atoms with Gasteiger partial charge in [-0.1, -0.05) is 0 Å². The third-order valence-electron chi connectivity index (χ3n) is 3.19. The van der Waals surface area contributed by atoms with E-state index in [1.54, 1.807) is 0 Å². The Bertz CT molecular complexity index is 585. The summed E-state index contributed by atoms with van der Waals surface area (Å²) in [5.41, 5.74) is 4.98. The van der Waals surface area contributed by atoms with E-state index in [1.165, 1.54) is 12.7 Å². The van der Waals surface area contributed by atoms with E-state index in [0.717, 1.165) is 22.8 Å². The number of rotatable bonds is 6. The van der Waals surface area contributed by atoms with Crippen molar-refractivity contribution in [2.24, 2.45) is 0 Å². The number of nitrogens with one attached hydrogen (secondary N) is 3. The molecule has 2 aromatic rings. The molecule has 0 radical (unpaired) electrons. The van der Waals surface area contributed by atoms with E-state index < -0.39 is 0 Å². The van der Waals surface area contributed by atoms with Gasteiger partial charge < -0.3 is 15.4 Å². The van der Waals surface area contributed by atoms with Gasteiger partial charge in [-0.3, -0.25) is 9.89 Å². The van der Waals surface area contributed by atoms with Gasteiger partial charge in [-0.15, -0.1) is 0 Å². The number of ether oxygens (including phenoxy) is 1. The van der Waals surface area contributed by atoms with E-state index in [2.05, 4.69) is 20.8 Å². The summed E-state index contributed by atoms with van der Waals surface area (Å²) in [6.07, 6.45) is 0. The lowest BCUT2D eigenvalue weighted by Crippen LogP contribution is -2.16. The van der Waals surface area contributed by atoms with Crippen LogP contribution in [-0.4, -0.2) is 29.8 Å². The minimum absolute atomic E-state index is 0.0546. The van der Waals surface area contributed by atoms with Crippen molar-refractivity contribution < 1.29 is 9.53 Å². The first-order valence-corrected chi connectivity index (χ1v) is 6.73. The number of aromatic amines is 1. The van der Waals surface area contributed by atoms with Gasteiger partial charge in [0.2, 0.25) is 5.91 Å².